The second-order valence-electron chi connectivity index (χ2n) is 6.01. The van der Waals surface area contributed by atoms with E-state index in [1.165, 1.54) is 30.0 Å². The minimum atomic E-state index is -4.58. The van der Waals surface area contributed by atoms with Crippen molar-refractivity contribution >= 4 is 23.4 Å². The lowest BCUT2D eigenvalue weighted by molar-refractivity contribution is -0.704. The van der Waals surface area contributed by atoms with Crippen LogP contribution < -0.4 is 20.4 Å². The SMILES string of the molecule is COc1ccc(-[n+]2[nH]oc(=O)c2SCCC(=O)Nc2ccccc2C(F)(F)F)cc1. The summed E-state index contributed by atoms with van der Waals surface area (Å²) in [6, 6.07) is 11.5. The smallest absolute Gasteiger partial charge is 0.442 e. The van der Waals surface area contributed by atoms with E-state index in [1.54, 1.807) is 24.3 Å². The third-order valence-electron chi connectivity index (χ3n) is 4.01. The Kier molecular flexibility index (Phi) is 6.50. The van der Waals surface area contributed by atoms with Crippen LogP contribution in [0.2, 0.25) is 0 Å². The van der Waals surface area contributed by atoms with Gasteiger partial charge in [-0.3, -0.25) is 9.32 Å². The summed E-state index contributed by atoms with van der Waals surface area (Å²) in [4.78, 5) is 24.1. The van der Waals surface area contributed by atoms with Crippen LogP contribution in [0.25, 0.3) is 5.69 Å². The van der Waals surface area contributed by atoms with E-state index in [9.17, 15) is 22.8 Å². The summed E-state index contributed by atoms with van der Waals surface area (Å²) in [6.07, 6.45) is -4.68. The van der Waals surface area contributed by atoms with Crippen molar-refractivity contribution in [2.45, 2.75) is 17.6 Å². The summed E-state index contributed by atoms with van der Waals surface area (Å²) in [5, 5.41) is 4.94. The Morgan fingerprint density at radius 2 is 1.90 bits per heavy atom. The molecule has 158 valence electrons. The molecule has 7 nitrogen and oxygen atoms in total. The first-order valence-corrected chi connectivity index (χ1v) is 9.65. The molecule has 0 aliphatic rings. The van der Waals surface area contributed by atoms with Gasteiger partial charge in [0.15, 0.2) is 0 Å². The zero-order valence-electron chi connectivity index (χ0n) is 15.7. The number of methoxy groups -OCH3 is 1. The van der Waals surface area contributed by atoms with Crippen LogP contribution in [0.4, 0.5) is 18.9 Å². The molecule has 30 heavy (non-hydrogen) atoms. The zero-order chi connectivity index (χ0) is 21.7. The van der Waals surface area contributed by atoms with Gasteiger partial charge < -0.3 is 10.1 Å². The highest BCUT2D eigenvalue weighted by molar-refractivity contribution is 7.99. The maximum absolute atomic E-state index is 13.0. The number of aromatic nitrogens is 2. The lowest BCUT2D eigenvalue weighted by Gasteiger charge is -2.13. The highest BCUT2D eigenvalue weighted by atomic mass is 32.2. The van der Waals surface area contributed by atoms with E-state index < -0.39 is 23.3 Å². The van der Waals surface area contributed by atoms with Crippen LogP contribution in [0.5, 0.6) is 5.75 Å². The minimum Gasteiger partial charge on any atom is -0.497 e. The number of ether oxygens (including phenoxy) is 1. The first kappa shape index (κ1) is 21.5. The summed E-state index contributed by atoms with van der Waals surface area (Å²) in [6.45, 7) is 0. The lowest BCUT2D eigenvalue weighted by atomic mass is 10.1. The predicted molar refractivity (Wildman–Crippen MR) is 103 cm³/mol. The van der Waals surface area contributed by atoms with E-state index in [-0.39, 0.29) is 22.9 Å². The average Bonchev–Trinajstić information content (AvgIpc) is 3.08. The molecule has 0 spiro atoms. The van der Waals surface area contributed by atoms with Crippen molar-refractivity contribution < 1.29 is 31.9 Å². The van der Waals surface area contributed by atoms with E-state index in [1.807, 2.05) is 0 Å². The second kappa shape index (κ2) is 9.08. The molecule has 2 N–H and O–H groups in total. The molecule has 1 heterocycles. The Bertz CT molecular complexity index is 1080. The number of carbonyl (C=O) groups is 1. The van der Waals surface area contributed by atoms with Gasteiger partial charge in [-0.1, -0.05) is 12.1 Å². The van der Waals surface area contributed by atoms with E-state index >= 15 is 0 Å². The third kappa shape index (κ3) is 5.03. The summed E-state index contributed by atoms with van der Waals surface area (Å²) < 4.78 is 50.4. The Morgan fingerprint density at radius 1 is 1.20 bits per heavy atom. The minimum absolute atomic E-state index is 0.107. The molecular formula is C19H17F3N3O4S+. The Morgan fingerprint density at radius 3 is 2.57 bits per heavy atom. The van der Waals surface area contributed by atoms with Crippen LogP contribution >= 0.6 is 11.8 Å². The quantitative estimate of drug-likeness (QED) is 0.434. The van der Waals surface area contributed by atoms with Gasteiger partial charge in [0.1, 0.15) is 5.75 Å². The molecule has 0 saturated carbocycles. The molecular weight excluding hydrogens is 423 g/mol. The van der Waals surface area contributed by atoms with E-state index in [0.717, 1.165) is 17.8 Å². The van der Waals surface area contributed by atoms with Gasteiger partial charge in [0.25, 0.3) is 0 Å². The number of hydrogen-bond acceptors (Lipinski definition) is 5. The summed E-state index contributed by atoms with van der Waals surface area (Å²) in [5.41, 5.74) is -1.25. The summed E-state index contributed by atoms with van der Waals surface area (Å²) in [5.74, 6) is 0.184. The van der Waals surface area contributed by atoms with Gasteiger partial charge >= 0.3 is 16.8 Å². The number of thioether (sulfide) groups is 1. The van der Waals surface area contributed by atoms with E-state index in [4.69, 9.17) is 9.26 Å². The number of alkyl halides is 3. The van der Waals surface area contributed by atoms with Crippen LogP contribution in [0.15, 0.2) is 62.9 Å². The maximum Gasteiger partial charge on any atom is 0.442 e. The Labute approximate surface area is 172 Å². The monoisotopic (exact) mass is 440 g/mol. The summed E-state index contributed by atoms with van der Waals surface area (Å²) >= 11 is 1.04. The maximum atomic E-state index is 13.0. The molecule has 0 aliphatic carbocycles. The largest absolute Gasteiger partial charge is 0.497 e. The normalized spacial score (nSPS) is 11.3. The number of amides is 1. The van der Waals surface area contributed by atoms with Gasteiger partial charge in [-0.05, 0) is 46.0 Å². The van der Waals surface area contributed by atoms with Gasteiger partial charge in [-0.2, -0.15) is 13.2 Å². The van der Waals surface area contributed by atoms with Crippen molar-refractivity contribution in [3.05, 3.63) is 64.5 Å². The number of benzene rings is 2. The fourth-order valence-electron chi connectivity index (χ4n) is 2.58. The highest BCUT2D eigenvalue weighted by Crippen LogP contribution is 2.34. The van der Waals surface area contributed by atoms with Crippen LogP contribution in [-0.4, -0.2) is 24.0 Å². The van der Waals surface area contributed by atoms with Gasteiger partial charge in [0, 0.05) is 24.3 Å². The number of rotatable bonds is 7. The molecule has 3 aromatic rings. The standard InChI is InChI=1S/C19H16F3N3O4S/c1-28-13-8-6-12(7-9-13)25-17(18(27)29-24-25)30-11-10-16(26)23-15-5-3-2-4-14(15)19(20,21)22/h2-9H,10-11H2,1H3,(H-,23,24,26,27)/p+1. The van der Waals surface area contributed by atoms with Crippen LogP contribution in [0, 0.1) is 0 Å². The van der Waals surface area contributed by atoms with E-state index in [0.29, 0.717) is 11.4 Å². The number of aromatic amines is 1. The first-order valence-electron chi connectivity index (χ1n) is 8.66. The zero-order valence-corrected chi connectivity index (χ0v) is 16.5. The molecule has 3 rings (SSSR count). The topological polar surface area (TPSA) is 88.2 Å². The molecule has 0 atom stereocenters. The van der Waals surface area contributed by atoms with Gasteiger partial charge in [-0.15, -0.1) is 0 Å². The lowest BCUT2D eigenvalue weighted by Crippen LogP contribution is -2.36. The number of nitrogens with one attached hydrogen (secondary N) is 2. The molecule has 0 saturated heterocycles. The highest BCUT2D eigenvalue weighted by Gasteiger charge is 2.33. The van der Waals surface area contributed by atoms with E-state index in [2.05, 4.69) is 10.6 Å². The molecule has 0 bridgehead atoms. The van der Waals surface area contributed by atoms with Gasteiger partial charge in [-0.25, -0.2) is 4.79 Å². The average molecular weight is 440 g/mol. The number of para-hydroxylation sites is 1. The van der Waals surface area contributed by atoms with Crippen LogP contribution in [0.1, 0.15) is 12.0 Å². The van der Waals surface area contributed by atoms with Gasteiger partial charge in [0.2, 0.25) is 11.6 Å². The number of hydrogen-bond donors (Lipinski definition) is 2. The second-order valence-corrected chi connectivity index (χ2v) is 7.09. The van der Waals surface area contributed by atoms with Crippen LogP contribution in [-0.2, 0) is 11.0 Å². The number of halogens is 3. The molecule has 1 aromatic heterocycles. The molecule has 1 amide bonds. The van der Waals surface area contributed by atoms with Crippen molar-refractivity contribution in [3.63, 3.8) is 0 Å². The number of nitrogens with zero attached hydrogens (tertiary/aromatic N) is 1. The fourth-order valence-corrected chi connectivity index (χ4v) is 3.49. The molecule has 0 fully saturated rings. The van der Waals surface area contributed by atoms with Gasteiger partial charge in [0.05, 0.1) is 18.4 Å². The number of H-pyrrole nitrogens is 1. The predicted octanol–water partition coefficient (Wildman–Crippen LogP) is 3.39. The number of carbonyl (C=O) groups excluding carboxylic acids is 1. The van der Waals surface area contributed by atoms with Crippen molar-refractivity contribution in [1.82, 2.24) is 5.27 Å². The van der Waals surface area contributed by atoms with Crippen molar-refractivity contribution in [2.75, 3.05) is 18.2 Å². The van der Waals surface area contributed by atoms with Crippen molar-refractivity contribution in [1.29, 1.82) is 0 Å². The Balaban J connectivity index is 1.64. The fraction of sp³-hybridized carbons (Fsp3) is 0.211. The molecule has 0 unspecified atom stereocenters. The molecule has 0 aliphatic heterocycles. The molecule has 0 radical (unpaired) electrons. The third-order valence-corrected chi connectivity index (χ3v) is 5.04. The van der Waals surface area contributed by atoms with Crippen molar-refractivity contribution in [3.8, 4) is 11.4 Å². The molecule has 11 heteroatoms. The first-order chi connectivity index (χ1) is 14.3. The van der Waals surface area contributed by atoms with Crippen molar-refractivity contribution in [2.24, 2.45) is 0 Å². The van der Waals surface area contributed by atoms with Crippen LogP contribution in [0.3, 0.4) is 0 Å². The molecule has 2 aromatic carbocycles. The number of anilines is 1. The Hall–Kier alpha value is -3.21. The summed E-state index contributed by atoms with van der Waals surface area (Å²) in [7, 11) is 1.53.